The summed E-state index contributed by atoms with van der Waals surface area (Å²) < 4.78 is 0.802. The van der Waals surface area contributed by atoms with Crippen molar-refractivity contribution in [3.05, 3.63) is 35.4 Å². The molecule has 2 N–H and O–H groups in total. The average Bonchev–Trinajstić information content (AvgIpc) is 2.08. The number of nitrogens with zero attached hydrogens (tertiary/aromatic N) is 1. The van der Waals surface area contributed by atoms with Gasteiger partial charge < -0.3 is 12.7 Å². The summed E-state index contributed by atoms with van der Waals surface area (Å²) in [7, 11) is 0. The van der Waals surface area contributed by atoms with E-state index in [2.05, 4.69) is 27.8 Å². The summed E-state index contributed by atoms with van der Waals surface area (Å²) in [5, 5.41) is 0. The van der Waals surface area contributed by atoms with Gasteiger partial charge in [0, 0.05) is 52.0 Å². The van der Waals surface area contributed by atoms with Crippen molar-refractivity contribution < 1.29 is 46.1 Å². The Bertz CT molecular complexity index is 268. The molecule has 0 bridgehead atoms. The summed E-state index contributed by atoms with van der Waals surface area (Å²) in [5.41, 5.74) is 5.23. The molecule has 0 fully saturated rings. The standard InChI is InChI=1S/C6H5BrN2O.C2H5.Pr/c7-4-1-2-9-5(3-4)6(8)10;1-2;/h1-3H,(H2,8,10);1H2,2H3;/q;-1;. The van der Waals surface area contributed by atoms with E-state index >= 15 is 0 Å². The Hall–Kier alpha value is 0.464. The molecule has 69 valence electrons. The van der Waals surface area contributed by atoms with E-state index in [9.17, 15) is 4.79 Å². The molecule has 0 aromatic carbocycles. The van der Waals surface area contributed by atoms with Gasteiger partial charge in [-0.25, -0.2) is 0 Å². The molecule has 1 amide bonds. The molecule has 0 saturated carbocycles. The van der Waals surface area contributed by atoms with Gasteiger partial charge in [-0.05, 0) is 12.1 Å². The molecule has 0 aliphatic heterocycles. The summed E-state index contributed by atoms with van der Waals surface area (Å²) in [6.45, 7) is 5.00. The maximum absolute atomic E-state index is 10.5. The first-order valence-corrected chi connectivity index (χ1v) is 4.11. The van der Waals surface area contributed by atoms with Crippen LogP contribution in [-0.2, 0) is 0 Å². The number of nitrogens with two attached hydrogens (primary N) is 1. The zero-order chi connectivity index (χ0) is 9.56. The third-order valence-electron chi connectivity index (χ3n) is 0.974. The van der Waals surface area contributed by atoms with Crippen LogP contribution < -0.4 is 5.73 Å². The van der Waals surface area contributed by atoms with Crippen LogP contribution in [-0.4, -0.2) is 10.9 Å². The van der Waals surface area contributed by atoms with Gasteiger partial charge in [0.05, 0.1) is 0 Å². The monoisotopic (exact) mass is 370 g/mol. The van der Waals surface area contributed by atoms with Crippen LogP contribution in [0, 0.1) is 48.2 Å². The number of primary amides is 1. The van der Waals surface area contributed by atoms with E-state index in [4.69, 9.17) is 5.73 Å². The van der Waals surface area contributed by atoms with E-state index in [1.54, 1.807) is 19.1 Å². The van der Waals surface area contributed by atoms with Gasteiger partial charge in [0.25, 0.3) is 5.91 Å². The van der Waals surface area contributed by atoms with Crippen molar-refractivity contribution in [3.63, 3.8) is 0 Å². The number of halogens is 1. The van der Waals surface area contributed by atoms with E-state index < -0.39 is 5.91 Å². The minimum atomic E-state index is -0.513. The fraction of sp³-hybridized carbons (Fsp3) is 0.125. The number of hydrogen-bond acceptors (Lipinski definition) is 2. The summed E-state index contributed by atoms with van der Waals surface area (Å²) in [5.74, 6) is -0.513. The molecule has 1 rings (SSSR count). The number of rotatable bonds is 1. The van der Waals surface area contributed by atoms with Crippen molar-refractivity contribution in [1.82, 2.24) is 4.98 Å². The maximum atomic E-state index is 10.5. The summed E-state index contributed by atoms with van der Waals surface area (Å²) in [6.07, 6.45) is 1.52. The number of amides is 1. The Labute approximate surface area is 120 Å². The van der Waals surface area contributed by atoms with Crippen LogP contribution in [0.4, 0.5) is 0 Å². The molecule has 13 heavy (non-hydrogen) atoms. The van der Waals surface area contributed by atoms with Crippen LogP contribution in [0.5, 0.6) is 0 Å². The second-order valence-corrected chi connectivity index (χ2v) is 2.64. The molecule has 1 heterocycles. The third-order valence-corrected chi connectivity index (χ3v) is 1.47. The molecule has 1 aromatic rings. The molecular formula is C8H10BrN2OPr-. The van der Waals surface area contributed by atoms with Crippen molar-refractivity contribution in [2.75, 3.05) is 0 Å². The molecule has 0 atom stereocenters. The van der Waals surface area contributed by atoms with Crippen LogP contribution in [0.1, 0.15) is 17.4 Å². The quantitative estimate of drug-likeness (QED) is 0.766. The minimum Gasteiger partial charge on any atom is -0.364 e. The number of carbonyl (C=O) groups is 1. The Balaban J connectivity index is 0. The van der Waals surface area contributed by atoms with Crippen LogP contribution in [0.15, 0.2) is 22.8 Å². The van der Waals surface area contributed by atoms with Gasteiger partial charge in [-0.2, -0.15) is 6.92 Å². The summed E-state index contributed by atoms with van der Waals surface area (Å²) in [6, 6.07) is 3.30. The smallest absolute Gasteiger partial charge is 0.267 e. The van der Waals surface area contributed by atoms with Gasteiger partial charge in [0.2, 0.25) is 0 Å². The second kappa shape index (κ2) is 9.04. The number of carbonyl (C=O) groups excluding carboxylic acids is 1. The molecule has 0 aliphatic rings. The predicted octanol–water partition coefficient (Wildman–Crippen LogP) is 1.78. The Morgan fingerprint density at radius 2 is 2.15 bits per heavy atom. The van der Waals surface area contributed by atoms with E-state index in [0.717, 1.165) is 4.47 Å². The predicted molar refractivity (Wildman–Crippen MR) is 51.5 cm³/mol. The fourth-order valence-electron chi connectivity index (χ4n) is 0.540. The first-order chi connectivity index (χ1) is 5.70. The van der Waals surface area contributed by atoms with Crippen LogP contribution in [0.2, 0.25) is 0 Å². The van der Waals surface area contributed by atoms with Gasteiger partial charge in [-0.3, -0.25) is 9.78 Å². The van der Waals surface area contributed by atoms with E-state index in [1.165, 1.54) is 6.20 Å². The van der Waals surface area contributed by atoms with Gasteiger partial charge in [0.15, 0.2) is 0 Å². The molecule has 1 radical (unpaired) electrons. The molecule has 0 aliphatic carbocycles. The van der Waals surface area contributed by atoms with Crippen LogP contribution >= 0.6 is 15.9 Å². The second-order valence-electron chi connectivity index (χ2n) is 1.72. The Morgan fingerprint density at radius 3 is 2.46 bits per heavy atom. The molecule has 5 heteroatoms. The van der Waals surface area contributed by atoms with Crippen molar-refractivity contribution >= 4 is 21.8 Å². The summed E-state index contributed by atoms with van der Waals surface area (Å²) in [4.78, 5) is 14.2. The summed E-state index contributed by atoms with van der Waals surface area (Å²) >= 11 is 3.18. The molecule has 1 aromatic heterocycles. The van der Waals surface area contributed by atoms with Gasteiger partial charge >= 0.3 is 0 Å². The number of aromatic nitrogens is 1. The van der Waals surface area contributed by atoms with Gasteiger partial charge in [-0.15, -0.1) is 0 Å². The third kappa shape index (κ3) is 6.52. The van der Waals surface area contributed by atoms with Crippen molar-refractivity contribution in [2.24, 2.45) is 5.73 Å². The van der Waals surface area contributed by atoms with Crippen LogP contribution in [0.3, 0.4) is 0 Å². The number of hydrogen-bond donors (Lipinski definition) is 1. The topological polar surface area (TPSA) is 56.0 Å². The number of pyridine rings is 1. The SMILES string of the molecule is NC(=O)c1cc(Br)ccn1.[CH2-]C.[Pr]. The van der Waals surface area contributed by atoms with E-state index in [1.807, 2.05) is 0 Å². The first-order valence-electron chi connectivity index (χ1n) is 3.32. The minimum absolute atomic E-state index is 0. The van der Waals surface area contributed by atoms with Crippen molar-refractivity contribution in [2.45, 2.75) is 6.92 Å². The van der Waals surface area contributed by atoms with Gasteiger partial charge in [-0.1, -0.05) is 15.9 Å². The van der Waals surface area contributed by atoms with Crippen molar-refractivity contribution in [3.8, 4) is 0 Å². The molecule has 0 saturated heterocycles. The zero-order valence-electron chi connectivity index (χ0n) is 7.33. The molecule has 0 unspecified atom stereocenters. The Morgan fingerprint density at radius 1 is 1.62 bits per heavy atom. The fourth-order valence-corrected chi connectivity index (χ4v) is 0.875. The zero-order valence-corrected chi connectivity index (χ0v) is 12.6. The molecular weight excluding hydrogens is 361 g/mol. The van der Waals surface area contributed by atoms with E-state index in [0.29, 0.717) is 0 Å². The maximum Gasteiger partial charge on any atom is 0.267 e. The van der Waals surface area contributed by atoms with Crippen molar-refractivity contribution in [1.29, 1.82) is 0 Å². The molecule has 3 nitrogen and oxygen atoms in total. The molecule has 0 spiro atoms. The average molecular weight is 371 g/mol. The largest absolute Gasteiger partial charge is 0.364 e. The van der Waals surface area contributed by atoms with Crippen LogP contribution in [0.25, 0.3) is 0 Å². The Kier molecular flexibility index (Phi) is 11.1. The first kappa shape index (κ1) is 15.9. The normalized spacial score (nSPS) is 7.62. The van der Waals surface area contributed by atoms with Gasteiger partial charge in [0.1, 0.15) is 5.69 Å². The van der Waals surface area contributed by atoms with E-state index in [-0.39, 0.29) is 47.0 Å².